The molecular formula is C30H32N2O4. The molecule has 1 N–H and O–H groups in total. The van der Waals surface area contributed by atoms with E-state index in [4.69, 9.17) is 4.74 Å². The van der Waals surface area contributed by atoms with Crippen molar-refractivity contribution in [1.29, 1.82) is 0 Å². The molecular weight excluding hydrogens is 452 g/mol. The lowest BCUT2D eigenvalue weighted by molar-refractivity contribution is -0.141. The Hall–Kier alpha value is -3.12. The van der Waals surface area contributed by atoms with E-state index < -0.39 is 11.4 Å². The molecule has 1 aromatic heterocycles. The summed E-state index contributed by atoms with van der Waals surface area (Å²) in [5.74, 6) is -0.0274. The van der Waals surface area contributed by atoms with E-state index in [9.17, 15) is 14.7 Å². The van der Waals surface area contributed by atoms with Crippen LogP contribution in [-0.4, -0.2) is 52.8 Å². The molecule has 2 aliphatic heterocycles. The van der Waals surface area contributed by atoms with E-state index in [1.165, 1.54) is 41.6 Å². The van der Waals surface area contributed by atoms with Gasteiger partial charge in [0.2, 0.25) is 5.91 Å². The number of carbonyl (C=O) groups excluding carboxylic acids is 1. The number of carboxylic acids is 1. The predicted molar refractivity (Wildman–Crippen MR) is 137 cm³/mol. The van der Waals surface area contributed by atoms with E-state index >= 15 is 0 Å². The van der Waals surface area contributed by atoms with Crippen LogP contribution in [0.2, 0.25) is 0 Å². The van der Waals surface area contributed by atoms with Gasteiger partial charge in [-0.05, 0) is 48.4 Å². The number of hydrogen-bond donors (Lipinski definition) is 1. The van der Waals surface area contributed by atoms with Gasteiger partial charge in [0.05, 0.1) is 29.9 Å². The van der Waals surface area contributed by atoms with Crippen LogP contribution in [-0.2, 0) is 16.1 Å². The number of rotatable bonds is 3. The maximum Gasteiger partial charge on any atom is 0.335 e. The summed E-state index contributed by atoms with van der Waals surface area (Å²) in [6.07, 6.45) is 6.91. The Morgan fingerprint density at radius 1 is 1.00 bits per heavy atom. The Morgan fingerprint density at radius 2 is 1.78 bits per heavy atom. The van der Waals surface area contributed by atoms with Crippen molar-refractivity contribution in [2.75, 3.05) is 26.3 Å². The molecule has 1 saturated heterocycles. The highest BCUT2D eigenvalue weighted by Crippen LogP contribution is 2.65. The Bertz CT molecular complexity index is 1380. The normalized spacial score (nSPS) is 25.6. The van der Waals surface area contributed by atoms with Gasteiger partial charge in [0.1, 0.15) is 0 Å². The number of hydrogen-bond acceptors (Lipinski definition) is 3. The molecule has 6 nitrogen and oxygen atoms in total. The second kappa shape index (κ2) is 8.20. The third-order valence-corrected chi connectivity index (χ3v) is 9.20. The lowest BCUT2D eigenvalue weighted by atomic mass is 9.81. The summed E-state index contributed by atoms with van der Waals surface area (Å²) < 4.78 is 7.86. The van der Waals surface area contributed by atoms with Crippen molar-refractivity contribution in [2.45, 2.75) is 56.9 Å². The first kappa shape index (κ1) is 22.1. The van der Waals surface area contributed by atoms with Gasteiger partial charge in [-0.3, -0.25) is 4.79 Å². The maximum absolute atomic E-state index is 14.1. The molecule has 1 amide bonds. The first-order valence-electron chi connectivity index (χ1n) is 13.4. The molecule has 2 atom stereocenters. The van der Waals surface area contributed by atoms with Gasteiger partial charge in [0.25, 0.3) is 0 Å². The second-order valence-electron chi connectivity index (χ2n) is 11.1. The summed E-state index contributed by atoms with van der Waals surface area (Å²) in [6.45, 7) is 3.07. The number of aromatic carboxylic acids is 1. The van der Waals surface area contributed by atoms with Crippen molar-refractivity contribution in [3.63, 3.8) is 0 Å². The van der Waals surface area contributed by atoms with E-state index in [1.54, 1.807) is 6.07 Å². The summed E-state index contributed by atoms with van der Waals surface area (Å²) in [7, 11) is 0. The van der Waals surface area contributed by atoms with Crippen LogP contribution >= 0.6 is 0 Å². The molecule has 186 valence electrons. The number of carboxylic acid groups (broad SMARTS) is 1. The van der Waals surface area contributed by atoms with Gasteiger partial charge < -0.3 is 19.3 Å². The van der Waals surface area contributed by atoms with Crippen LogP contribution in [0.3, 0.4) is 0 Å². The first-order chi connectivity index (χ1) is 17.6. The van der Waals surface area contributed by atoms with E-state index in [0.29, 0.717) is 44.3 Å². The van der Waals surface area contributed by atoms with Crippen molar-refractivity contribution >= 4 is 22.8 Å². The Kier molecular flexibility index (Phi) is 5.04. The van der Waals surface area contributed by atoms with Crippen LogP contribution in [0.1, 0.15) is 71.8 Å². The van der Waals surface area contributed by atoms with Crippen molar-refractivity contribution in [1.82, 2.24) is 9.47 Å². The SMILES string of the molecule is O=C(O)c1ccc2c(C3CCCCC3)c3n(c2c1)C[C@]1(C(=O)N2CCOCC2)C[C@@H]1c1ccccc1-3. The smallest absolute Gasteiger partial charge is 0.335 e. The van der Waals surface area contributed by atoms with Crippen molar-refractivity contribution in [3.8, 4) is 11.3 Å². The molecule has 2 aromatic carbocycles. The van der Waals surface area contributed by atoms with Crippen LogP contribution in [0.25, 0.3) is 22.2 Å². The maximum atomic E-state index is 14.1. The summed E-state index contributed by atoms with van der Waals surface area (Å²) in [4.78, 5) is 28.0. The van der Waals surface area contributed by atoms with Gasteiger partial charge in [0.15, 0.2) is 0 Å². The largest absolute Gasteiger partial charge is 0.478 e. The van der Waals surface area contributed by atoms with Crippen LogP contribution in [0.15, 0.2) is 42.5 Å². The van der Waals surface area contributed by atoms with E-state index in [-0.39, 0.29) is 11.8 Å². The summed E-state index contributed by atoms with van der Waals surface area (Å²) in [5.41, 5.74) is 5.87. The third kappa shape index (κ3) is 3.20. The zero-order valence-electron chi connectivity index (χ0n) is 20.5. The van der Waals surface area contributed by atoms with Gasteiger partial charge in [0, 0.05) is 42.0 Å². The Morgan fingerprint density at radius 3 is 2.56 bits per heavy atom. The molecule has 3 heterocycles. The van der Waals surface area contributed by atoms with Crippen LogP contribution in [0, 0.1) is 5.41 Å². The highest BCUT2D eigenvalue weighted by Gasteiger charge is 2.63. The van der Waals surface area contributed by atoms with Crippen molar-refractivity contribution in [2.24, 2.45) is 5.41 Å². The fourth-order valence-corrected chi connectivity index (χ4v) is 7.34. The molecule has 3 fully saturated rings. The minimum Gasteiger partial charge on any atom is -0.478 e. The Balaban J connectivity index is 1.47. The molecule has 0 bridgehead atoms. The predicted octanol–water partition coefficient (Wildman–Crippen LogP) is 5.40. The fraction of sp³-hybridized carbons (Fsp3) is 0.467. The molecule has 3 aromatic rings. The molecule has 6 heteroatoms. The standard InChI is InChI=1S/C30H32N2O4/c33-28(34)20-10-11-23-25(16-20)32-18-30(29(35)31-12-14-36-15-13-31)17-24(30)21-8-4-5-9-22(21)27(32)26(23)19-6-2-1-3-7-19/h4-5,8-11,16,19,24H,1-3,6-7,12-15,17-18H2,(H,33,34)/t24-,30-/m1/s1. The summed E-state index contributed by atoms with van der Waals surface area (Å²) in [6, 6.07) is 14.2. The van der Waals surface area contributed by atoms with Gasteiger partial charge in [-0.15, -0.1) is 0 Å². The summed E-state index contributed by atoms with van der Waals surface area (Å²) >= 11 is 0. The molecule has 0 radical (unpaired) electrons. The molecule has 4 aliphatic rings. The molecule has 2 aliphatic carbocycles. The van der Waals surface area contributed by atoms with Crippen molar-refractivity contribution < 1.29 is 19.4 Å². The van der Waals surface area contributed by atoms with E-state index in [0.717, 1.165) is 30.2 Å². The number of aromatic nitrogens is 1. The number of ether oxygens (including phenoxy) is 1. The highest BCUT2D eigenvalue weighted by molar-refractivity contribution is 5.99. The highest BCUT2D eigenvalue weighted by atomic mass is 16.5. The molecule has 0 unspecified atom stereocenters. The third-order valence-electron chi connectivity index (χ3n) is 9.20. The molecule has 36 heavy (non-hydrogen) atoms. The van der Waals surface area contributed by atoms with E-state index in [2.05, 4.69) is 28.8 Å². The number of benzene rings is 2. The van der Waals surface area contributed by atoms with Crippen LogP contribution < -0.4 is 0 Å². The quantitative estimate of drug-likeness (QED) is 0.540. The minimum atomic E-state index is -0.913. The monoisotopic (exact) mass is 484 g/mol. The average molecular weight is 485 g/mol. The number of morpholine rings is 1. The van der Waals surface area contributed by atoms with Crippen LogP contribution in [0.4, 0.5) is 0 Å². The first-order valence-corrected chi connectivity index (χ1v) is 13.4. The molecule has 0 spiro atoms. The van der Waals surface area contributed by atoms with Gasteiger partial charge >= 0.3 is 5.97 Å². The average Bonchev–Trinajstić information content (AvgIpc) is 3.59. The summed E-state index contributed by atoms with van der Waals surface area (Å²) in [5, 5.41) is 11.0. The minimum absolute atomic E-state index is 0.195. The topological polar surface area (TPSA) is 71.8 Å². The number of nitrogens with zero attached hydrogens (tertiary/aromatic N) is 2. The zero-order chi connectivity index (χ0) is 24.4. The lowest BCUT2D eigenvalue weighted by Gasteiger charge is -2.31. The zero-order valence-corrected chi connectivity index (χ0v) is 20.5. The lowest BCUT2D eigenvalue weighted by Crippen LogP contribution is -2.45. The molecule has 7 rings (SSSR count). The second-order valence-corrected chi connectivity index (χ2v) is 11.1. The number of fused-ring (bicyclic) bond motifs is 7. The van der Waals surface area contributed by atoms with Crippen LogP contribution in [0.5, 0.6) is 0 Å². The van der Waals surface area contributed by atoms with Gasteiger partial charge in [-0.2, -0.15) is 0 Å². The van der Waals surface area contributed by atoms with Gasteiger partial charge in [-0.1, -0.05) is 49.6 Å². The van der Waals surface area contributed by atoms with Gasteiger partial charge in [-0.25, -0.2) is 4.79 Å². The van der Waals surface area contributed by atoms with E-state index in [1.807, 2.05) is 17.0 Å². The molecule has 2 saturated carbocycles. The number of amides is 1. The number of carbonyl (C=O) groups is 2. The fourth-order valence-electron chi connectivity index (χ4n) is 7.34. The Labute approximate surface area is 210 Å². The van der Waals surface area contributed by atoms with Crippen molar-refractivity contribution in [3.05, 3.63) is 59.2 Å².